The molecule has 0 aliphatic rings. The highest BCUT2D eigenvalue weighted by atomic mass is 16.5. The highest BCUT2D eigenvalue weighted by Gasteiger charge is 2.10. The van der Waals surface area contributed by atoms with Crippen molar-refractivity contribution in [1.29, 1.82) is 0 Å². The molecular weight excluding hydrogens is 270 g/mol. The van der Waals surface area contributed by atoms with E-state index in [1.165, 1.54) is 7.11 Å². The Labute approximate surface area is 125 Å². The second kappa shape index (κ2) is 9.20. The highest BCUT2D eigenvalue weighted by molar-refractivity contribution is 5.92. The molecule has 118 valence electrons. The molecule has 1 amide bonds. The summed E-state index contributed by atoms with van der Waals surface area (Å²) >= 11 is 0. The number of aliphatic hydroxyl groups is 1. The van der Waals surface area contributed by atoms with Crippen LogP contribution in [0.3, 0.4) is 0 Å². The van der Waals surface area contributed by atoms with Crippen LogP contribution in [-0.4, -0.2) is 49.3 Å². The third-order valence-electron chi connectivity index (χ3n) is 3.23. The van der Waals surface area contributed by atoms with Gasteiger partial charge in [0.1, 0.15) is 5.75 Å². The molecule has 0 aromatic heterocycles. The SMILES string of the molecule is CCN(CCCO)CCC(=O)Nc1ccc(N)cc1OC. The molecule has 0 saturated carbocycles. The predicted octanol–water partition coefficient (Wildman–Crippen LogP) is 1.31. The summed E-state index contributed by atoms with van der Waals surface area (Å²) in [7, 11) is 1.54. The van der Waals surface area contributed by atoms with E-state index in [4.69, 9.17) is 15.6 Å². The van der Waals surface area contributed by atoms with E-state index in [1.54, 1.807) is 18.2 Å². The lowest BCUT2D eigenvalue weighted by Crippen LogP contribution is -2.29. The van der Waals surface area contributed by atoms with E-state index in [2.05, 4.69) is 10.2 Å². The number of aliphatic hydroxyl groups excluding tert-OH is 1. The average molecular weight is 295 g/mol. The fraction of sp³-hybridized carbons (Fsp3) is 0.533. The van der Waals surface area contributed by atoms with E-state index in [9.17, 15) is 4.79 Å². The average Bonchev–Trinajstić information content (AvgIpc) is 2.49. The number of anilines is 2. The highest BCUT2D eigenvalue weighted by Crippen LogP contribution is 2.26. The minimum atomic E-state index is -0.0690. The number of nitrogen functional groups attached to an aromatic ring is 1. The molecule has 1 aromatic rings. The van der Waals surface area contributed by atoms with Crippen molar-refractivity contribution >= 4 is 17.3 Å². The third-order valence-corrected chi connectivity index (χ3v) is 3.23. The standard InChI is InChI=1S/C15H25N3O3/c1-3-18(8-4-10-19)9-7-15(20)17-13-6-5-12(16)11-14(13)21-2/h5-6,11,19H,3-4,7-10,16H2,1-2H3,(H,17,20). The largest absolute Gasteiger partial charge is 0.494 e. The quantitative estimate of drug-likeness (QED) is 0.598. The lowest BCUT2D eigenvalue weighted by atomic mass is 10.2. The maximum Gasteiger partial charge on any atom is 0.225 e. The number of ether oxygens (including phenoxy) is 1. The van der Waals surface area contributed by atoms with Crippen LogP contribution in [-0.2, 0) is 4.79 Å². The van der Waals surface area contributed by atoms with Crippen molar-refractivity contribution in [3.05, 3.63) is 18.2 Å². The van der Waals surface area contributed by atoms with Gasteiger partial charge >= 0.3 is 0 Å². The van der Waals surface area contributed by atoms with Crippen molar-refractivity contribution in [3.63, 3.8) is 0 Å². The number of nitrogens with one attached hydrogen (secondary N) is 1. The maximum atomic E-state index is 12.0. The first-order valence-corrected chi connectivity index (χ1v) is 7.17. The van der Waals surface area contributed by atoms with Crippen molar-refractivity contribution in [3.8, 4) is 5.75 Å². The first kappa shape index (κ1) is 17.3. The van der Waals surface area contributed by atoms with Gasteiger partial charge in [-0.2, -0.15) is 0 Å². The van der Waals surface area contributed by atoms with Gasteiger partial charge < -0.3 is 25.8 Å². The lowest BCUT2D eigenvalue weighted by molar-refractivity contribution is -0.116. The molecule has 0 heterocycles. The molecule has 0 radical (unpaired) electrons. The number of methoxy groups -OCH3 is 1. The Kier molecular flexibility index (Phi) is 7.56. The molecule has 0 bridgehead atoms. The zero-order chi connectivity index (χ0) is 15.7. The first-order valence-electron chi connectivity index (χ1n) is 7.17. The van der Waals surface area contributed by atoms with E-state index in [0.29, 0.717) is 30.1 Å². The molecule has 1 rings (SSSR count). The molecule has 0 fully saturated rings. The van der Waals surface area contributed by atoms with Crippen LogP contribution < -0.4 is 15.8 Å². The van der Waals surface area contributed by atoms with Gasteiger partial charge in [-0.15, -0.1) is 0 Å². The summed E-state index contributed by atoms with van der Waals surface area (Å²) in [6.07, 6.45) is 1.12. The van der Waals surface area contributed by atoms with Crippen LogP contribution in [0.25, 0.3) is 0 Å². The fourth-order valence-electron chi connectivity index (χ4n) is 2.01. The summed E-state index contributed by atoms with van der Waals surface area (Å²) in [6.45, 7) is 4.53. The van der Waals surface area contributed by atoms with Gasteiger partial charge in [-0.25, -0.2) is 0 Å². The van der Waals surface area contributed by atoms with Crippen LogP contribution >= 0.6 is 0 Å². The Morgan fingerprint density at radius 3 is 2.81 bits per heavy atom. The zero-order valence-electron chi connectivity index (χ0n) is 12.8. The van der Waals surface area contributed by atoms with E-state index >= 15 is 0 Å². The summed E-state index contributed by atoms with van der Waals surface area (Å²) < 4.78 is 5.19. The van der Waals surface area contributed by atoms with Crippen LogP contribution in [0.5, 0.6) is 5.75 Å². The molecule has 0 aliphatic heterocycles. The van der Waals surface area contributed by atoms with Gasteiger partial charge in [0.15, 0.2) is 0 Å². The molecule has 4 N–H and O–H groups in total. The lowest BCUT2D eigenvalue weighted by Gasteiger charge is -2.19. The molecule has 0 saturated heterocycles. The van der Waals surface area contributed by atoms with Crippen LogP contribution in [0.15, 0.2) is 18.2 Å². The van der Waals surface area contributed by atoms with Crippen LogP contribution in [0.2, 0.25) is 0 Å². The number of nitrogens with two attached hydrogens (primary N) is 1. The van der Waals surface area contributed by atoms with Crippen molar-refractivity contribution in [2.24, 2.45) is 0 Å². The molecule has 0 spiro atoms. The summed E-state index contributed by atoms with van der Waals surface area (Å²) in [4.78, 5) is 14.1. The zero-order valence-corrected chi connectivity index (χ0v) is 12.8. The molecule has 0 unspecified atom stereocenters. The molecule has 21 heavy (non-hydrogen) atoms. The number of amides is 1. The molecule has 1 aromatic carbocycles. The normalized spacial score (nSPS) is 10.7. The minimum absolute atomic E-state index is 0.0690. The third kappa shape index (κ3) is 6.01. The second-order valence-corrected chi connectivity index (χ2v) is 4.77. The van der Waals surface area contributed by atoms with Gasteiger partial charge in [0.05, 0.1) is 12.8 Å². The van der Waals surface area contributed by atoms with Gasteiger partial charge in [0.2, 0.25) is 5.91 Å². The molecular formula is C15H25N3O3. The van der Waals surface area contributed by atoms with Crippen LogP contribution in [0.1, 0.15) is 19.8 Å². The van der Waals surface area contributed by atoms with Gasteiger partial charge in [-0.1, -0.05) is 6.92 Å². The smallest absolute Gasteiger partial charge is 0.225 e. The van der Waals surface area contributed by atoms with E-state index in [-0.39, 0.29) is 12.5 Å². The molecule has 6 heteroatoms. The van der Waals surface area contributed by atoms with Crippen molar-refractivity contribution < 1.29 is 14.6 Å². The molecule has 0 aliphatic carbocycles. The van der Waals surface area contributed by atoms with Gasteiger partial charge in [-0.05, 0) is 25.1 Å². The number of benzene rings is 1. The number of carbonyl (C=O) groups is 1. The molecule has 6 nitrogen and oxygen atoms in total. The topological polar surface area (TPSA) is 87.8 Å². The van der Waals surface area contributed by atoms with Gasteiger partial charge in [0.25, 0.3) is 0 Å². The number of carbonyl (C=O) groups excluding carboxylic acids is 1. The van der Waals surface area contributed by atoms with Crippen molar-refractivity contribution in [2.45, 2.75) is 19.8 Å². The summed E-state index contributed by atoms with van der Waals surface area (Å²) in [5.41, 5.74) is 6.89. The maximum absolute atomic E-state index is 12.0. The van der Waals surface area contributed by atoms with Gasteiger partial charge in [0, 0.05) is 37.9 Å². The van der Waals surface area contributed by atoms with Crippen molar-refractivity contribution in [1.82, 2.24) is 4.90 Å². The summed E-state index contributed by atoms with van der Waals surface area (Å²) in [5, 5.41) is 11.7. The minimum Gasteiger partial charge on any atom is -0.494 e. The number of hydrogen-bond donors (Lipinski definition) is 3. The number of hydrogen-bond acceptors (Lipinski definition) is 5. The summed E-state index contributed by atoms with van der Waals surface area (Å²) in [6, 6.07) is 5.13. The first-order chi connectivity index (χ1) is 10.1. The van der Waals surface area contributed by atoms with Crippen LogP contribution in [0.4, 0.5) is 11.4 Å². The Bertz CT molecular complexity index is 452. The van der Waals surface area contributed by atoms with E-state index in [1.807, 2.05) is 6.92 Å². The Hall–Kier alpha value is -1.79. The monoisotopic (exact) mass is 295 g/mol. The van der Waals surface area contributed by atoms with Gasteiger partial charge in [-0.3, -0.25) is 4.79 Å². The molecule has 0 atom stereocenters. The second-order valence-electron chi connectivity index (χ2n) is 4.77. The van der Waals surface area contributed by atoms with E-state index < -0.39 is 0 Å². The van der Waals surface area contributed by atoms with Crippen molar-refractivity contribution in [2.75, 3.05) is 44.4 Å². The predicted molar refractivity (Wildman–Crippen MR) is 84.5 cm³/mol. The fourth-order valence-corrected chi connectivity index (χ4v) is 2.01. The summed E-state index contributed by atoms with van der Waals surface area (Å²) in [5.74, 6) is 0.483. The number of nitrogens with zero attached hydrogens (tertiary/aromatic N) is 1. The van der Waals surface area contributed by atoms with Crippen LogP contribution in [0, 0.1) is 0 Å². The Balaban J connectivity index is 2.50. The number of rotatable bonds is 9. The Morgan fingerprint density at radius 1 is 1.43 bits per heavy atom. The van der Waals surface area contributed by atoms with E-state index in [0.717, 1.165) is 19.5 Å². The Morgan fingerprint density at radius 2 is 2.19 bits per heavy atom.